The van der Waals surface area contributed by atoms with E-state index in [-0.39, 0.29) is 5.41 Å². The predicted molar refractivity (Wildman–Crippen MR) is 82.2 cm³/mol. The monoisotopic (exact) mass is 309 g/mol. The fourth-order valence-corrected chi connectivity index (χ4v) is 4.66. The van der Waals surface area contributed by atoms with Crippen molar-refractivity contribution in [2.75, 3.05) is 32.4 Å². The molecule has 1 spiro atoms. The van der Waals surface area contributed by atoms with Gasteiger partial charge in [-0.05, 0) is 48.9 Å². The van der Waals surface area contributed by atoms with Crippen molar-refractivity contribution in [3.8, 4) is 0 Å². The van der Waals surface area contributed by atoms with Crippen LogP contribution in [0, 0.1) is 5.41 Å². The summed E-state index contributed by atoms with van der Waals surface area (Å²) in [6.07, 6.45) is 8.21. The molecular weight excluding hydrogens is 286 g/mol. The molecule has 1 aromatic heterocycles. The molecule has 3 rings (SSSR count). The Labute approximate surface area is 127 Å². The molecule has 0 aromatic carbocycles. The van der Waals surface area contributed by atoms with E-state index < -0.39 is 10.0 Å². The summed E-state index contributed by atoms with van der Waals surface area (Å²) < 4.78 is 25.3. The third kappa shape index (κ3) is 3.44. The zero-order chi connectivity index (χ0) is 14.9. The topological polar surface area (TPSA) is 53.5 Å². The maximum atomic E-state index is 11.8. The summed E-state index contributed by atoms with van der Waals surface area (Å²) >= 11 is 0. The van der Waals surface area contributed by atoms with Gasteiger partial charge in [-0.15, -0.1) is 0 Å². The van der Waals surface area contributed by atoms with Gasteiger partial charge in [0, 0.05) is 38.6 Å². The van der Waals surface area contributed by atoms with Crippen molar-refractivity contribution < 1.29 is 8.42 Å². The number of aromatic nitrogens is 1. The van der Waals surface area contributed by atoms with Gasteiger partial charge in [-0.25, -0.2) is 12.7 Å². The van der Waals surface area contributed by atoms with Gasteiger partial charge in [0.15, 0.2) is 0 Å². The number of piperidine rings is 1. The lowest BCUT2D eigenvalue weighted by atomic mass is 9.80. The van der Waals surface area contributed by atoms with E-state index in [1.807, 2.05) is 12.4 Å². The van der Waals surface area contributed by atoms with Crippen molar-refractivity contribution in [1.82, 2.24) is 14.2 Å². The lowest BCUT2D eigenvalue weighted by Crippen LogP contribution is -2.46. The largest absolute Gasteiger partial charge is 0.298 e. The van der Waals surface area contributed by atoms with Gasteiger partial charge in [-0.1, -0.05) is 0 Å². The molecule has 0 amide bonds. The molecule has 2 fully saturated rings. The molecule has 0 bridgehead atoms. The van der Waals surface area contributed by atoms with Gasteiger partial charge < -0.3 is 0 Å². The summed E-state index contributed by atoms with van der Waals surface area (Å²) in [5.74, 6) is 0. The van der Waals surface area contributed by atoms with Gasteiger partial charge in [-0.2, -0.15) is 0 Å². The number of likely N-dealkylation sites (tertiary alicyclic amines) is 1. The third-order valence-corrected chi connectivity index (χ3v) is 6.02. The van der Waals surface area contributed by atoms with Crippen LogP contribution < -0.4 is 0 Å². The average molecular weight is 309 g/mol. The van der Waals surface area contributed by atoms with Crippen LogP contribution in [0.5, 0.6) is 0 Å². The Kier molecular flexibility index (Phi) is 4.03. The summed E-state index contributed by atoms with van der Waals surface area (Å²) in [5.41, 5.74) is 1.44. The van der Waals surface area contributed by atoms with Gasteiger partial charge in [0.2, 0.25) is 10.0 Å². The maximum absolute atomic E-state index is 11.8. The molecule has 0 saturated carbocycles. The molecule has 1 aromatic rings. The highest BCUT2D eigenvalue weighted by Crippen LogP contribution is 2.39. The molecule has 6 heteroatoms. The zero-order valence-electron chi connectivity index (χ0n) is 12.5. The first-order valence-corrected chi connectivity index (χ1v) is 9.38. The molecule has 3 heterocycles. The molecule has 2 saturated heterocycles. The van der Waals surface area contributed by atoms with Crippen LogP contribution in [0.25, 0.3) is 0 Å². The van der Waals surface area contributed by atoms with Crippen LogP contribution in [0.15, 0.2) is 24.5 Å². The highest BCUT2D eigenvalue weighted by atomic mass is 32.2. The quantitative estimate of drug-likeness (QED) is 0.845. The number of nitrogens with zero attached hydrogens (tertiary/aromatic N) is 3. The van der Waals surface area contributed by atoms with Crippen molar-refractivity contribution in [3.63, 3.8) is 0 Å². The van der Waals surface area contributed by atoms with Crippen molar-refractivity contribution >= 4 is 10.0 Å². The molecular formula is C15H23N3O2S. The van der Waals surface area contributed by atoms with Crippen LogP contribution in [0.1, 0.15) is 24.8 Å². The SMILES string of the molecule is CS(=O)(=O)N1CCCC2(CCN(Cc3ccncc3)C2)C1. The van der Waals surface area contributed by atoms with Crippen molar-refractivity contribution in [3.05, 3.63) is 30.1 Å². The molecule has 116 valence electrons. The Morgan fingerprint density at radius 3 is 2.67 bits per heavy atom. The summed E-state index contributed by atoms with van der Waals surface area (Å²) in [6.45, 7) is 4.37. The van der Waals surface area contributed by atoms with E-state index in [1.165, 1.54) is 11.8 Å². The van der Waals surface area contributed by atoms with E-state index in [1.54, 1.807) is 4.31 Å². The maximum Gasteiger partial charge on any atom is 0.211 e. The average Bonchev–Trinajstić information content (AvgIpc) is 2.81. The standard InChI is InChI=1S/C15H23N3O2S/c1-21(19,20)18-9-2-5-15(13-18)6-10-17(12-15)11-14-3-7-16-8-4-14/h3-4,7-8H,2,5-6,9-13H2,1H3. The highest BCUT2D eigenvalue weighted by Gasteiger charge is 2.43. The number of hydrogen-bond donors (Lipinski definition) is 0. The number of rotatable bonds is 3. The first kappa shape index (κ1) is 14.9. The van der Waals surface area contributed by atoms with Crippen LogP contribution in [0.3, 0.4) is 0 Å². The van der Waals surface area contributed by atoms with E-state index in [0.29, 0.717) is 13.1 Å². The summed E-state index contributed by atoms with van der Waals surface area (Å²) in [7, 11) is -3.06. The van der Waals surface area contributed by atoms with Crippen LogP contribution >= 0.6 is 0 Å². The lowest BCUT2D eigenvalue weighted by molar-refractivity contribution is 0.147. The molecule has 21 heavy (non-hydrogen) atoms. The predicted octanol–water partition coefficient (Wildman–Crippen LogP) is 1.33. The molecule has 2 aliphatic heterocycles. The van der Waals surface area contributed by atoms with Gasteiger partial charge in [0.1, 0.15) is 0 Å². The van der Waals surface area contributed by atoms with Crippen LogP contribution in [-0.2, 0) is 16.6 Å². The van der Waals surface area contributed by atoms with Crippen molar-refractivity contribution in [2.45, 2.75) is 25.8 Å². The molecule has 5 nitrogen and oxygen atoms in total. The van der Waals surface area contributed by atoms with Gasteiger partial charge in [0.05, 0.1) is 6.26 Å². The van der Waals surface area contributed by atoms with Crippen LogP contribution in [0.2, 0.25) is 0 Å². The Balaban J connectivity index is 1.65. The van der Waals surface area contributed by atoms with E-state index in [0.717, 1.165) is 38.9 Å². The number of pyridine rings is 1. The Morgan fingerprint density at radius 2 is 1.95 bits per heavy atom. The highest BCUT2D eigenvalue weighted by molar-refractivity contribution is 7.88. The fraction of sp³-hybridized carbons (Fsp3) is 0.667. The fourth-order valence-electron chi connectivity index (χ4n) is 3.69. The van der Waals surface area contributed by atoms with E-state index in [2.05, 4.69) is 22.0 Å². The smallest absolute Gasteiger partial charge is 0.211 e. The van der Waals surface area contributed by atoms with Crippen molar-refractivity contribution in [1.29, 1.82) is 0 Å². The van der Waals surface area contributed by atoms with Gasteiger partial charge in [0.25, 0.3) is 0 Å². The second-order valence-corrected chi connectivity index (χ2v) is 8.50. The first-order valence-electron chi connectivity index (χ1n) is 7.53. The first-order chi connectivity index (χ1) is 9.97. The third-order valence-electron chi connectivity index (χ3n) is 4.77. The minimum absolute atomic E-state index is 0.161. The molecule has 1 atom stereocenters. The van der Waals surface area contributed by atoms with Crippen LogP contribution in [0.4, 0.5) is 0 Å². The van der Waals surface area contributed by atoms with E-state index >= 15 is 0 Å². The Morgan fingerprint density at radius 1 is 1.19 bits per heavy atom. The normalized spacial score (nSPS) is 28.2. The lowest BCUT2D eigenvalue weighted by Gasteiger charge is -2.39. The minimum Gasteiger partial charge on any atom is -0.298 e. The van der Waals surface area contributed by atoms with E-state index in [9.17, 15) is 8.42 Å². The zero-order valence-corrected chi connectivity index (χ0v) is 13.3. The number of hydrogen-bond acceptors (Lipinski definition) is 4. The second kappa shape index (κ2) is 5.66. The molecule has 1 unspecified atom stereocenters. The second-order valence-electron chi connectivity index (χ2n) is 6.52. The summed E-state index contributed by atoms with van der Waals surface area (Å²) in [4.78, 5) is 6.49. The minimum atomic E-state index is -3.06. The molecule has 0 aliphatic carbocycles. The van der Waals surface area contributed by atoms with Crippen LogP contribution in [-0.4, -0.2) is 55.0 Å². The molecule has 0 radical (unpaired) electrons. The van der Waals surface area contributed by atoms with Crippen molar-refractivity contribution in [2.24, 2.45) is 5.41 Å². The summed E-state index contributed by atoms with van der Waals surface area (Å²) in [6, 6.07) is 4.10. The molecule has 0 N–H and O–H groups in total. The van der Waals surface area contributed by atoms with Gasteiger partial charge in [-0.3, -0.25) is 9.88 Å². The van der Waals surface area contributed by atoms with Gasteiger partial charge >= 0.3 is 0 Å². The Bertz CT molecular complexity index is 590. The van der Waals surface area contributed by atoms with E-state index in [4.69, 9.17) is 0 Å². The molecule has 2 aliphatic rings. The Hall–Kier alpha value is -0.980. The summed E-state index contributed by atoms with van der Waals surface area (Å²) in [5, 5.41) is 0. The number of sulfonamides is 1.